The van der Waals surface area contributed by atoms with Crippen molar-refractivity contribution >= 4 is 22.6 Å². The summed E-state index contributed by atoms with van der Waals surface area (Å²) >= 11 is 0. The van der Waals surface area contributed by atoms with Crippen molar-refractivity contribution in [3.05, 3.63) is 42.1 Å². The van der Waals surface area contributed by atoms with Crippen molar-refractivity contribution in [2.45, 2.75) is 31.7 Å². The molecule has 2 aliphatic heterocycles. The van der Waals surface area contributed by atoms with Gasteiger partial charge in [-0.15, -0.1) is 0 Å². The van der Waals surface area contributed by atoms with E-state index in [2.05, 4.69) is 10.4 Å². The minimum absolute atomic E-state index is 0.0482. The maximum atomic E-state index is 12.6. The Hall–Kier alpha value is -2.31. The first kappa shape index (κ1) is 14.3. The average molecular weight is 313 g/mol. The third-order valence-corrected chi connectivity index (χ3v) is 4.47. The van der Waals surface area contributed by atoms with Gasteiger partial charge in [0.1, 0.15) is 11.4 Å². The Labute approximate surface area is 134 Å². The molecule has 1 fully saturated rings. The number of aromatic nitrogens is 1. The van der Waals surface area contributed by atoms with Gasteiger partial charge in [-0.3, -0.25) is 10.2 Å². The lowest BCUT2D eigenvalue weighted by Crippen LogP contribution is -2.59. The molecule has 23 heavy (non-hydrogen) atoms. The molecule has 0 aliphatic carbocycles. The number of ether oxygens (including phenoxy) is 2. The molecule has 6 heteroatoms. The first-order valence-electron chi connectivity index (χ1n) is 7.68. The largest absolute Gasteiger partial charge is 0.356 e. The van der Waals surface area contributed by atoms with E-state index in [4.69, 9.17) is 9.47 Å². The van der Waals surface area contributed by atoms with Crippen LogP contribution in [0, 0.1) is 0 Å². The van der Waals surface area contributed by atoms with Crippen LogP contribution in [0.5, 0.6) is 0 Å². The Kier molecular flexibility index (Phi) is 3.18. The summed E-state index contributed by atoms with van der Waals surface area (Å²) in [6.45, 7) is 1.91. The maximum Gasteiger partial charge on any atom is 0.250 e. The quantitative estimate of drug-likeness (QED) is 0.894. The number of para-hydroxylation sites is 1. The van der Waals surface area contributed by atoms with Crippen molar-refractivity contribution in [1.29, 1.82) is 0 Å². The molecule has 1 saturated heterocycles. The minimum atomic E-state index is -0.668. The second kappa shape index (κ2) is 5.11. The zero-order valence-corrected chi connectivity index (χ0v) is 13.1. The molecule has 6 nitrogen and oxygen atoms in total. The van der Waals surface area contributed by atoms with Crippen LogP contribution in [-0.2, 0) is 14.3 Å². The first-order chi connectivity index (χ1) is 11.1. The number of hydrogen-bond donors (Lipinski definition) is 2. The fourth-order valence-electron chi connectivity index (χ4n) is 3.20. The summed E-state index contributed by atoms with van der Waals surface area (Å²) < 4.78 is 11.2. The lowest BCUT2D eigenvalue weighted by atomic mass is 9.92. The van der Waals surface area contributed by atoms with Gasteiger partial charge in [-0.05, 0) is 19.1 Å². The van der Waals surface area contributed by atoms with Crippen LogP contribution in [0.2, 0.25) is 0 Å². The van der Waals surface area contributed by atoms with E-state index in [1.54, 1.807) is 12.1 Å². The smallest absolute Gasteiger partial charge is 0.250 e. The summed E-state index contributed by atoms with van der Waals surface area (Å²) in [6, 6.07) is 9.91. The lowest BCUT2D eigenvalue weighted by molar-refractivity contribution is -0.194. The van der Waals surface area contributed by atoms with E-state index < -0.39 is 5.60 Å². The van der Waals surface area contributed by atoms with Gasteiger partial charge >= 0.3 is 0 Å². The van der Waals surface area contributed by atoms with Crippen LogP contribution in [-0.4, -0.2) is 29.9 Å². The molecule has 0 bridgehead atoms. The Bertz CT molecular complexity index is 764. The van der Waals surface area contributed by atoms with Crippen LogP contribution in [0.1, 0.15) is 19.8 Å². The number of benzene rings is 1. The number of carbonyl (C=O) groups is 1. The van der Waals surface area contributed by atoms with Crippen molar-refractivity contribution in [3.63, 3.8) is 0 Å². The molecule has 2 atom stereocenters. The van der Waals surface area contributed by atoms with Gasteiger partial charge < -0.3 is 14.5 Å². The first-order valence-corrected chi connectivity index (χ1v) is 7.68. The van der Waals surface area contributed by atoms with Gasteiger partial charge in [0.25, 0.3) is 0 Å². The molecule has 2 aliphatic rings. The molecular weight excluding hydrogens is 294 g/mol. The van der Waals surface area contributed by atoms with Crippen molar-refractivity contribution < 1.29 is 14.3 Å². The van der Waals surface area contributed by atoms with Crippen molar-refractivity contribution in [1.82, 2.24) is 10.4 Å². The van der Waals surface area contributed by atoms with Crippen LogP contribution in [0.3, 0.4) is 0 Å². The molecule has 2 aromatic rings. The van der Waals surface area contributed by atoms with Gasteiger partial charge in [0.2, 0.25) is 5.91 Å². The number of hydrazine groups is 1. The molecule has 1 aromatic carbocycles. The van der Waals surface area contributed by atoms with E-state index in [0.29, 0.717) is 6.42 Å². The highest BCUT2D eigenvalue weighted by atomic mass is 16.7. The number of amides is 1. The number of anilines is 1. The third kappa shape index (κ3) is 2.31. The van der Waals surface area contributed by atoms with Gasteiger partial charge in [0.05, 0.1) is 12.1 Å². The van der Waals surface area contributed by atoms with Crippen LogP contribution in [0.15, 0.2) is 42.1 Å². The molecule has 3 heterocycles. The molecule has 4 rings (SSSR count). The van der Waals surface area contributed by atoms with E-state index >= 15 is 0 Å². The highest BCUT2D eigenvalue weighted by Crippen LogP contribution is 2.36. The zero-order valence-electron chi connectivity index (χ0n) is 13.1. The Balaban J connectivity index is 1.67. The fourth-order valence-corrected chi connectivity index (χ4v) is 3.20. The van der Waals surface area contributed by atoms with Crippen LogP contribution in [0.4, 0.5) is 5.82 Å². The van der Waals surface area contributed by atoms with E-state index in [1.807, 2.05) is 43.3 Å². The molecule has 0 saturated carbocycles. The number of nitrogens with one attached hydrogen (secondary N) is 2. The number of rotatable bonds is 2. The number of carbonyl (C=O) groups excluding carboxylic acids is 1. The molecule has 2 N–H and O–H groups in total. The number of hydrogen-bond acceptors (Lipinski definition) is 4. The van der Waals surface area contributed by atoms with Crippen molar-refractivity contribution in [3.8, 4) is 0 Å². The van der Waals surface area contributed by atoms with Crippen LogP contribution < -0.4 is 10.4 Å². The summed E-state index contributed by atoms with van der Waals surface area (Å²) in [5.41, 5.74) is 4.42. The SMILES string of the molecule is CO[C@@H]1CC=C2NN(c3cc4ccccc4[nH]3)C(=O)C[C@]2(C)O1. The molecule has 0 spiro atoms. The third-order valence-electron chi connectivity index (χ3n) is 4.47. The van der Waals surface area contributed by atoms with E-state index in [1.165, 1.54) is 0 Å². The molecule has 1 amide bonds. The van der Waals surface area contributed by atoms with Crippen molar-refractivity contribution in [2.24, 2.45) is 0 Å². The second-order valence-electron chi connectivity index (χ2n) is 6.13. The van der Waals surface area contributed by atoms with Gasteiger partial charge in [0.15, 0.2) is 6.29 Å². The number of nitrogens with zero attached hydrogens (tertiary/aromatic N) is 1. The molecule has 0 unspecified atom stereocenters. The number of fused-ring (bicyclic) bond motifs is 2. The number of aromatic amines is 1. The summed E-state index contributed by atoms with van der Waals surface area (Å²) in [5, 5.41) is 2.63. The number of methoxy groups -OCH3 is 1. The standard InChI is InChI=1S/C17H19N3O3/c1-17-10-15(21)20(19-13(17)7-8-16(22-2)23-17)14-9-11-5-3-4-6-12(11)18-14/h3-7,9,16,18-19H,8,10H2,1-2H3/t16-,17-/m0/s1. The Morgan fingerprint density at radius 2 is 2.22 bits per heavy atom. The molecule has 1 aromatic heterocycles. The van der Waals surface area contributed by atoms with E-state index in [9.17, 15) is 4.79 Å². The molecule has 0 radical (unpaired) electrons. The summed E-state index contributed by atoms with van der Waals surface area (Å²) in [5.74, 6) is 0.681. The van der Waals surface area contributed by atoms with Crippen molar-refractivity contribution in [2.75, 3.05) is 12.1 Å². The fraction of sp³-hybridized carbons (Fsp3) is 0.353. The van der Waals surface area contributed by atoms with Crippen LogP contribution in [0.25, 0.3) is 10.9 Å². The Morgan fingerprint density at radius 3 is 3.00 bits per heavy atom. The number of H-pyrrole nitrogens is 1. The van der Waals surface area contributed by atoms with Gasteiger partial charge in [0, 0.05) is 24.4 Å². The van der Waals surface area contributed by atoms with Gasteiger partial charge in [-0.2, -0.15) is 0 Å². The zero-order chi connectivity index (χ0) is 16.0. The van der Waals surface area contributed by atoms with E-state index in [-0.39, 0.29) is 18.6 Å². The molecular formula is C17H19N3O3. The lowest BCUT2D eigenvalue weighted by Gasteiger charge is -2.44. The normalized spacial score (nSPS) is 27.6. The summed E-state index contributed by atoms with van der Waals surface area (Å²) in [4.78, 5) is 15.9. The topological polar surface area (TPSA) is 66.6 Å². The summed E-state index contributed by atoms with van der Waals surface area (Å²) in [6.07, 6.45) is 2.65. The predicted octanol–water partition coefficient (Wildman–Crippen LogP) is 2.44. The minimum Gasteiger partial charge on any atom is -0.356 e. The predicted molar refractivity (Wildman–Crippen MR) is 86.5 cm³/mol. The molecule has 120 valence electrons. The maximum absolute atomic E-state index is 12.6. The Morgan fingerprint density at radius 1 is 1.39 bits per heavy atom. The van der Waals surface area contributed by atoms with Gasteiger partial charge in [-0.25, -0.2) is 5.01 Å². The monoisotopic (exact) mass is 313 g/mol. The summed E-state index contributed by atoms with van der Waals surface area (Å²) in [7, 11) is 1.61. The highest BCUT2D eigenvalue weighted by molar-refractivity contribution is 5.97. The van der Waals surface area contributed by atoms with E-state index in [0.717, 1.165) is 22.4 Å². The second-order valence-corrected chi connectivity index (χ2v) is 6.13. The highest BCUT2D eigenvalue weighted by Gasteiger charge is 2.44. The average Bonchev–Trinajstić information content (AvgIpc) is 2.96. The van der Waals surface area contributed by atoms with Crippen LogP contribution >= 0.6 is 0 Å². The van der Waals surface area contributed by atoms with Gasteiger partial charge in [-0.1, -0.05) is 24.3 Å².